The number of hydrogen-bond acceptors (Lipinski definition) is 7. The van der Waals surface area contributed by atoms with Crippen LogP contribution in [0.3, 0.4) is 0 Å². The van der Waals surface area contributed by atoms with Gasteiger partial charge in [-0.1, -0.05) is 0 Å². The summed E-state index contributed by atoms with van der Waals surface area (Å²) in [5, 5.41) is 0.403. The molecule has 2 N–H and O–H groups in total. The number of rotatable bonds is 3. The normalized spacial score (nSPS) is 23.0. The zero-order valence-corrected chi connectivity index (χ0v) is 13.3. The van der Waals surface area contributed by atoms with Gasteiger partial charge in [-0.3, -0.25) is 0 Å². The van der Waals surface area contributed by atoms with Crippen LogP contribution in [0.5, 0.6) is 0 Å². The van der Waals surface area contributed by atoms with Gasteiger partial charge in [-0.15, -0.1) is 0 Å². The summed E-state index contributed by atoms with van der Waals surface area (Å²) in [5.74, 6) is 0.140. The number of anilines is 2. The number of sulfone groups is 1. The fourth-order valence-electron chi connectivity index (χ4n) is 2.49. The van der Waals surface area contributed by atoms with E-state index in [9.17, 15) is 8.42 Å². The Labute approximate surface area is 123 Å². The van der Waals surface area contributed by atoms with Gasteiger partial charge < -0.3 is 15.4 Å². The van der Waals surface area contributed by atoms with Crippen LogP contribution in [0.15, 0.2) is 4.90 Å². The Kier molecular flexibility index (Phi) is 3.22. The molecule has 3 rings (SSSR count). The fourth-order valence-corrected chi connectivity index (χ4v) is 5.54. The molecule has 2 fully saturated rings. The van der Waals surface area contributed by atoms with Crippen molar-refractivity contribution in [1.29, 1.82) is 0 Å². The van der Waals surface area contributed by atoms with E-state index >= 15 is 0 Å². The van der Waals surface area contributed by atoms with Gasteiger partial charge in [0.2, 0.25) is 0 Å². The topological polar surface area (TPSA) is 85.5 Å². The van der Waals surface area contributed by atoms with Crippen LogP contribution < -0.4 is 10.6 Å². The van der Waals surface area contributed by atoms with Crippen LogP contribution in [-0.4, -0.2) is 43.3 Å². The third kappa shape index (κ3) is 2.40. The van der Waals surface area contributed by atoms with Crippen LogP contribution in [0, 0.1) is 0 Å². The molecule has 0 radical (unpaired) electrons. The molecular formula is C12H19N3O3S2. The Bertz CT molecular complexity index is 620. The summed E-state index contributed by atoms with van der Waals surface area (Å²) in [6, 6.07) is 0. The Hall–Kier alpha value is -0.860. The van der Waals surface area contributed by atoms with E-state index in [2.05, 4.69) is 4.37 Å². The van der Waals surface area contributed by atoms with Crippen molar-refractivity contribution in [2.75, 3.05) is 30.3 Å². The molecule has 2 aliphatic rings. The average Bonchev–Trinajstić information content (AvgIpc) is 3.12. The monoisotopic (exact) mass is 317 g/mol. The van der Waals surface area contributed by atoms with E-state index in [1.807, 2.05) is 18.7 Å². The van der Waals surface area contributed by atoms with Crippen molar-refractivity contribution in [3.05, 3.63) is 0 Å². The molecule has 2 heterocycles. The second kappa shape index (κ2) is 4.57. The van der Waals surface area contributed by atoms with Crippen LogP contribution in [-0.2, 0) is 14.6 Å². The molecule has 0 unspecified atom stereocenters. The van der Waals surface area contributed by atoms with Gasteiger partial charge in [-0.2, -0.15) is 4.37 Å². The molecule has 1 saturated carbocycles. The molecule has 0 spiro atoms. The largest absolute Gasteiger partial charge is 0.382 e. The molecule has 0 aromatic carbocycles. The number of hydrogen-bond donors (Lipinski definition) is 1. The van der Waals surface area contributed by atoms with Gasteiger partial charge in [-0.25, -0.2) is 8.42 Å². The molecule has 0 amide bonds. The standard InChI is InChI=1S/C12H19N3O3S2/c1-12(2)7-15(5-6-18-12)11-9(10(13)14-19-11)20(16,17)8-3-4-8/h8H,3-7H2,1-2H3,(H2,13,14). The predicted molar refractivity (Wildman–Crippen MR) is 79.0 cm³/mol. The van der Waals surface area contributed by atoms with Gasteiger partial charge in [0, 0.05) is 13.1 Å². The zero-order valence-electron chi connectivity index (χ0n) is 11.6. The lowest BCUT2D eigenvalue weighted by Crippen LogP contribution is -2.48. The first kappa shape index (κ1) is 14.1. The maximum atomic E-state index is 12.5. The van der Waals surface area contributed by atoms with Crippen LogP contribution in [0.1, 0.15) is 26.7 Å². The number of nitrogen functional groups attached to an aromatic ring is 1. The Morgan fingerprint density at radius 2 is 2.15 bits per heavy atom. The van der Waals surface area contributed by atoms with Crippen molar-refractivity contribution in [3.63, 3.8) is 0 Å². The van der Waals surface area contributed by atoms with Gasteiger partial charge in [0.15, 0.2) is 15.7 Å². The van der Waals surface area contributed by atoms with Gasteiger partial charge in [0.1, 0.15) is 9.90 Å². The lowest BCUT2D eigenvalue weighted by molar-refractivity contribution is -0.0276. The Morgan fingerprint density at radius 3 is 2.75 bits per heavy atom. The van der Waals surface area contributed by atoms with E-state index in [-0.39, 0.29) is 21.6 Å². The summed E-state index contributed by atoms with van der Waals surface area (Å²) in [4.78, 5) is 2.27. The summed E-state index contributed by atoms with van der Waals surface area (Å²) < 4.78 is 34.8. The zero-order chi connectivity index (χ0) is 14.5. The minimum atomic E-state index is -3.33. The molecule has 1 aliphatic heterocycles. The second-order valence-electron chi connectivity index (χ2n) is 5.98. The number of aromatic nitrogens is 1. The van der Waals surface area contributed by atoms with Crippen molar-refractivity contribution in [1.82, 2.24) is 4.37 Å². The number of nitrogens with two attached hydrogens (primary N) is 1. The Morgan fingerprint density at radius 1 is 1.45 bits per heavy atom. The summed E-state index contributed by atoms with van der Waals surface area (Å²) >= 11 is 1.17. The minimum absolute atomic E-state index is 0.140. The average molecular weight is 317 g/mol. The van der Waals surface area contributed by atoms with E-state index in [0.717, 1.165) is 12.8 Å². The van der Waals surface area contributed by atoms with Crippen molar-refractivity contribution in [2.45, 2.75) is 42.4 Å². The van der Waals surface area contributed by atoms with Crippen LogP contribution in [0.4, 0.5) is 10.8 Å². The van der Waals surface area contributed by atoms with Gasteiger partial charge in [0.05, 0.1) is 17.5 Å². The van der Waals surface area contributed by atoms with Crippen LogP contribution in [0.25, 0.3) is 0 Å². The maximum absolute atomic E-state index is 12.5. The lowest BCUT2D eigenvalue weighted by atomic mass is 10.1. The molecule has 0 bridgehead atoms. The van der Waals surface area contributed by atoms with Gasteiger partial charge in [-0.05, 0) is 38.2 Å². The third-order valence-electron chi connectivity index (χ3n) is 3.62. The summed E-state index contributed by atoms with van der Waals surface area (Å²) in [7, 11) is -3.33. The van der Waals surface area contributed by atoms with Crippen LogP contribution >= 0.6 is 11.5 Å². The van der Waals surface area contributed by atoms with Gasteiger partial charge in [0.25, 0.3) is 0 Å². The highest BCUT2D eigenvalue weighted by Gasteiger charge is 2.42. The summed E-state index contributed by atoms with van der Waals surface area (Å²) in [6.07, 6.45) is 1.46. The summed E-state index contributed by atoms with van der Waals surface area (Å²) in [5.41, 5.74) is 5.54. The minimum Gasteiger partial charge on any atom is -0.382 e. The Balaban J connectivity index is 1.99. The molecule has 1 saturated heterocycles. The quantitative estimate of drug-likeness (QED) is 0.904. The van der Waals surface area contributed by atoms with E-state index in [1.54, 1.807) is 0 Å². The SMILES string of the molecule is CC1(C)CN(c2snc(N)c2S(=O)(=O)C2CC2)CCO1. The lowest BCUT2D eigenvalue weighted by Gasteiger charge is -2.38. The number of morpholine rings is 1. The third-order valence-corrected chi connectivity index (χ3v) is 6.99. The van der Waals surface area contributed by atoms with E-state index in [1.165, 1.54) is 11.5 Å². The first-order chi connectivity index (χ1) is 9.31. The predicted octanol–water partition coefficient (Wildman–Crippen LogP) is 1.28. The number of nitrogens with zero attached hydrogens (tertiary/aromatic N) is 2. The smallest absolute Gasteiger partial charge is 0.187 e. The van der Waals surface area contributed by atoms with Crippen molar-refractivity contribution >= 4 is 32.2 Å². The van der Waals surface area contributed by atoms with E-state index < -0.39 is 9.84 Å². The maximum Gasteiger partial charge on any atom is 0.187 e. The first-order valence-electron chi connectivity index (χ1n) is 6.69. The molecule has 0 atom stereocenters. The number of ether oxygens (including phenoxy) is 1. The van der Waals surface area contributed by atoms with E-state index in [0.29, 0.717) is 24.7 Å². The van der Waals surface area contributed by atoms with Gasteiger partial charge >= 0.3 is 0 Å². The van der Waals surface area contributed by atoms with Crippen molar-refractivity contribution < 1.29 is 13.2 Å². The highest BCUT2D eigenvalue weighted by Crippen LogP contribution is 2.43. The molecule has 6 nitrogen and oxygen atoms in total. The van der Waals surface area contributed by atoms with E-state index in [4.69, 9.17) is 10.5 Å². The molecular weight excluding hydrogens is 298 g/mol. The molecule has 8 heteroatoms. The summed E-state index contributed by atoms with van der Waals surface area (Å²) in [6.45, 7) is 5.88. The first-order valence-corrected chi connectivity index (χ1v) is 9.01. The highest BCUT2D eigenvalue weighted by molar-refractivity contribution is 7.92. The van der Waals surface area contributed by atoms with Crippen LogP contribution in [0.2, 0.25) is 0 Å². The second-order valence-corrected chi connectivity index (χ2v) is 8.89. The van der Waals surface area contributed by atoms with Crippen molar-refractivity contribution in [3.8, 4) is 0 Å². The molecule has 1 aromatic heterocycles. The fraction of sp³-hybridized carbons (Fsp3) is 0.750. The molecule has 1 aromatic rings. The highest BCUT2D eigenvalue weighted by atomic mass is 32.2. The molecule has 112 valence electrons. The van der Waals surface area contributed by atoms with Crippen molar-refractivity contribution in [2.24, 2.45) is 0 Å². The molecule has 1 aliphatic carbocycles. The molecule has 20 heavy (non-hydrogen) atoms.